The predicted octanol–water partition coefficient (Wildman–Crippen LogP) is 4.14. The maximum atomic E-state index is 12.9. The molecule has 1 unspecified atom stereocenters. The summed E-state index contributed by atoms with van der Waals surface area (Å²) < 4.78 is 6.70. The number of nitrogens with one attached hydrogen (secondary N) is 1. The number of carbonyl (C=O) groups is 2. The molecule has 0 aliphatic heterocycles. The first-order valence-electron chi connectivity index (χ1n) is 10.5. The van der Waals surface area contributed by atoms with Crippen LogP contribution in [0.4, 0.5) is 5.69 Å². The first kappa shape index (κ1) is 21.2. The highest BCUT2D eigenvalue weighted by Gasteiger charge is 2.23. The fourth-order valence-electron chi connectivity index (χ4n) is 3.59. The molecule has 4 rings (SSSR count). The number of nitrogens with zero attached hydrogens (tertiary/aromatic N) is 2. The minimum Gasteiger partial charge on any atom is -0.448 e. The van der Waals surface area contributed by atoms with E-state index in [0.29, 0.717) is 29.4 Å². The first-order valence-corrected chi connectivity index (χ1v) is 10.5. The van der Waals surface area contributed by atoms with Crippen LogP contribution in [0.15, 0.2) is 71.5 Å². The minimum atomic E-state index is -1.06. The van der Waals surface area contributed by atoms with Crippen LogP contribution in [0.2, 0.25) is 0 Å². The number of ether oxygens (including phenoxy) is 1. The molecule has 0 radical (unpaired) electrons. The SMILES string of the molecule is CCCn1nc(C(=O)OC(C)C(=O)Nc2cccc3ccccc23)c2ccccc2c1=O. The molecule has 7 nitrogen and oxygen atoms in total. The van der Waals surface area contributed by atoms with E-state index < -0.39 is 18.0 Å². The normalized spacial score (nSPS) is 11.9. The van der Waals surface area contributed by atoms with E-state index in [4.69, 9.17) is 4.74 Å². The van der Waals surface area contributed by atoms with Gasteiger partial charge >= 0.3 is 5.97 Å². The van der Waals surface area contributed by atoms with Crippen molar-refractivity contribution in [1.82, 2.24) is 9.78 Å². The molecule has 0 aliphatic rings. The molecule has 0 spiro atoms. The van der Waals surface area contributed by atoms with Crippen molar-refractivity contribution in [3.63, 3.8) is 0 Å². The number of aromatic nitrogens is 2. The molecule has 1 amide bonds. The van der Waals surface area contributed by atoms with Crippen molar-refractivity contribution in [2.45, 2.75) is 32.9 Å². The lowest BCUT2D eigenvalue weighted by atomic mass is 10.1. The zero-order valence-corrected chi connectivity index (χ0v) is 17.9. The average Bonchev–Trinajstić information content (AvgIpc) is 2.81. The van der Waals surface area contributed by atoms with Gasteiger partial charge in [-0.2, -0.15) is 5.10 Å². The number of carbonyl (C=O) groups excluding carboxylic acids is 2. The number of benzene rings is 3. The summed E-state index contributed by atoms with van der Waals surface area (Å²) in [4.78, 5) is 38.3. The highest BCUT2D eigenvalue weighted by molar-refractivity contribution is 6.06. The number of hydrogen-bond donors (Lipinski definition) is 1. The molecule has 0 saturated heterocycles. The van der Waals surface area contributed by atoms with Gasteiger partial charge in [0.25, 0.3) is 11.5 Å². The third-order valence-corrected chi connectivity index (χ3v) is 5.20. The fraction of sp³-hybridized carbons (Fsp3) is 0.200. The van der Waals surface area contributed by atoms with E-state index in [-0.39, 0.29) is 11.3 Å². The molecular formula is C25H23N3O4. The van der Waals surface area contributed by atoms with Gasteiger partial charge in [-0.05, 0) is 30.9 Å². The summed E-state index contributed by atoms with van der Waals surface area (Å²) in [6.07, 6.45) is -0.377. The molecule has 4 aromatic rings. The third kappa shape index (κ3) is 4.09. The van der Waals surface area contributed by atoms with E-state index in [1.54, 1.807) is 30.3 Å². The summed E-state index contributed by atoms with van der Waals surface area (Å²) in [5, 5.41) is 9.72. The Morgan fingerprint density at radius 3 is 2.38 bits per heavy atom. The van der Waals surface area contributed by atoms with Gasteiger partial charge in [-0.1, -0.05) is 61.5 Å². The van der Waals surface area contributed by atoms with Gasteiger partial charge in [0.15, 0.2) is 11.8 Å². The standard InChI is InChI=1S/C25H23N3O4/c1-3-15-28-24(30)20-13-7-6-12-19(20)22(27-28)25(31)32-16(2)23(29)26-21-14-8-10-17-9-4-5-11-18(17)21/h4-14,16H,3,15H2,1-2H3,(H,26,29). The fourth-order valence-corrected chi connectivity index (χ4v) is 3.59. The second-order valence-electron chi connectivity index (χ2n) is 7.49. The van der Waals surface area contributed by atoms with Gasteiger partial charge in [0, 0.05) is 23.0 Å². The Morgan fingerprint density at radius 1 is 0.969 bits per heavy atom. The number of fused-ring (bicyclic) bond motifs is 2. The highest BCUT2D eigenvalue weighted by Crippen LogP contribution is 2.23. The van der Waals surface area contributed by atoms with Crippen LogP contribution in [0.25, 0.3) is 21.5 Å². The molecule has 1 atom stereocenters. The van der Waals surface area contributed by atoms with Gasteiger partial charge in [0.1, 0.15) is 0 Å². The number of esters is 1. The van der Waals surface area contributed by atoms with Crippen LogP contribution < -0.4 is 10.9 Å². The van der Waals surface area contributed by atoms with Crippen LogP contribution in [0, 0.1) is 0 Å². The first-order chi connectivity index (χ1) is 15.5. The second-order valence-corrected chi connectivity index (χ2v) is 7.49. The molecule has 1 aromatic heterocycles. The Balaban J connectivity index is 1.58. The monoisotopic (exact) mass is 429 g/mol. The summed E-state index contributed by atoms with van der Waals surface area (Å²) in [7, 11) is 0. The van der Waals surface area contributed by atoms with Crippen LogP contribution in [-0.4, -0.2) is 27.8 Å². The van der Waals surface area contributed by atoms with E-state index in [1.165, 1.54) is 11.6 Å². The smallest absolute Gasteiger partial charge is 0.360 e. The third-order valence-electron chi connectivity index (χ3n) is 5.20. The highest BCUT2D eigenvalue weighted by atomic mass is 16.5. The molecule has 162 valence electrons. The van der Waals surface area contributed by atoms with E-state index in [9.17, 15) is 14.4 Å². The number of hydrogen-bond acceptors (Lipinski definition) is 5. The second kappa shape index (κ2) is 9.01. The molecular weight excluding hydrogens is 406 g/mol. The van der Waals surface area contributed by atoms with E-state index in [1.807, 2.05) is 43.3 Å². The predicted molar refractivity (Wildman–Crippen MR) is 124 cm³/mol. The van der Waals surface area contributed by atoms with Crippen molar-refractivity contribution in [3.05, 3.63) is 82.8 Å². The van der Waals surface area contributed by atoms with Gasteiger partial charge in [-0.3, -0.25) is 9.59 Å². The van der Waals surface area contributed by atoms with Crippen molar-refractivity contribution >= 4 is 39.1 Å². The average molecular weight is 429 g/mol. The van der Waals surface area contributed by atoms with E-state index in [2.05, 4.69) is 10.4 Å². The lowest BCUT2D eigenvalue weighted by Gasteiger charge is -2.15. The lowest BCUT2D eigenvalue weighted by Crippen LogP contribution is -2.32. The Hall–Kier alpha value is -4.00. The number of aryl methyl sites for hydroxylation is 1. The summed E-state index contributed by atoms with van der Waals surface area (Å²) in [6, 6.07) is 20.0. The molecule has 3 aromatic carbocycles. The molecule has 32 heavy (non-hydrogen) atoms. The van der Waals surface area contributed by atoms with Crippen LogP contribution in [-0.2, 0) is 16.1 Å². The van der Waals surface area contributed by atoms with Gasteiger partial charge in [0.05, 0.1) is 5.39 Å². The summed E-state index contributed by atoms with van der Waals surface area (Å²) in [5.41, 5.74) is 0.385. The number of amides is 1. The van der Waals surface area contributed by atoms with E-state index >= 15 is 0 Å². The van der Waals surface area contributed by atoms with Gasteiger partial charge in [0.2, 0.25) is 0 Å². The van der Waals surface area contributed by atoms with Crippen molar-refractivity contribution in [1.29, 1.82) is 0 Å². The maximum Gasteiger partial charge on any atom is 0.360 e. The topological polar surface area (TPSA) is 90.3 Å². The molecule has 1 heterocycles. The Labute approximate surface area is 184 Å². The number of rotatable bonds is 6. The van der Waals surface area contributed by atoms with Crippen molar-refractivity contribution < 1.29 is 14.3 Å². The van der Waals surface area contributed by atoms with Crippen LogP contribution in [0.5, 0.6) is 0 Å². The Kier molecular flexibility index (Phi) is 5.98. The summed E-state index contributed by atoms with van der Waals surface area (Å²) in [6.45, 7) is 3.80. The minimum absolute atomic E-state index is 0.0125. The molecule has 7 heteroatoms. The Bertz CT molecular complexity index is 1370. The zero-order valence-electron chi connectivity index (χ0n) is 17.9. The zero-order chi connectivity index (χ0) is 22.7. The van der Waals surface area contributed by atoms with Gasteiger partial charge in [-0.25, -0.2) is 9.48 Å². The summed E-state index contributed by atoms with van der Waals surface area (Å²) >= 11 is 0. The van der Waals surface area contributed by atoms with Crippen molar-refractivity contribution in [3.8, 4) is 0 Å². The van der Waals surface area contributed by atoms with E-state index in [0.717, 1.165) is 10.8 Å². The maximum absolute atomic E-state index is 12.9. The Morgan fingerprint density at radius 2 is 1.62 bits per heavy atom. The molecule has 0 fully saturated rings. The molecule has 1 N–H and O–H groups in total. The largest absolute Gasteiger partial charge is 0.448 e. The van der Waals surface area contributed by atoms with Crippen molar-refractivity contribution in [2.24, 2.45) is 0 Å². The summed E-state index contributed by atoms with van der Waals surface area (Å²) in [5.74, 6) is -1.22. The van der Waals surface area contributed by atoms with Gasteiger partial charge in [-0.15, -0.1) is 0 Å². The van der Waals surface area contributed by atoms with Gasteiger partial charge < -0.3 is 10.1 Å². The lowest BCUT2D eigenvalue weighted by molar-refractivity contribution is -0.123. The number of anilines is 1. The van der Waals surface area contributed by atoms with Crippen molar-refractivity contribution in [2.75, 3.05) is 5.32 Å². The molecule has 0 aliphatic carbocycles. The molecule has 0 bridgehead atoms. The van der Waals surface area contributed by atoms with Crippen LogP contribution >= 0.6 is 0 Å². The molecule has 0 saturated carbocycles. The quantitative estimate of drug-likeness (QED) is 0.465. The van der Waals surface area contributed by atoms with Crippen LogP contribution in [0.3, 0.4) is 0 Å². The van der Waals surface area contributed by atoms with Crippen LogP contribution in [0.1, 0.15) is 30.8 Å².